The zero-order chi connectivity index (χ0) is 45.0. The molecule has 0 unspecified atom stereocenters. The minimum absolute atomic E-state index is 0.0880. The fraction of sp³-hybridized carbons (Fsp3) is 0.826. The van der Waals surface area contributed by atoms with Crippen molar-refractivity contribution in [3.63, 3.8) is 0 Å². The number of guanidine groups is 1. The number of hydrogen-bond donors (Lipinski definition) is 3. The van der Waals surface area contributed by atoms with Crippen LogP contribution in [-0.4, -0.2) is 78.3 Å². The first kappa shape index (κ1) is 54.3. The predicted octanol–water partition coefficient (Wildman–Crippen LogP) is 10.3. The molecule has 14 nitrogen and oxygen atoms in total. The molecule has 0 radical (unpaired) electrons. The van der Waals surface area contributed by atoms with Crippen LogP contribution in [0.4, 0.5) is 9.59 Å². The largest absolute Gasteiger partial charge is 0.444 e. The lowest BCUT2D eigenvalue weighted by atomic mass is 9.88. The molecule has 1 aliphatic rings. The van der Waals surface area contributed by atoms with Crippen LogP contribution >= 0.6 is 0 Å². The number of alkyl carbamates (subject to hydrolysis) is 2. The molecule has 0 aromatic rings. The summed E-state index contributed by atoms with van der Waals surface area (Å²) in [5.74, 6) is -1.92. The van der Waals surface area contributed by atoms with Crippen LogP contribution in [0.1, 0.15) is 204 Å². The van der Waals surface area contributed by atoms with E-state index in [4.69, 9.17) is 23.7 Å². The van der Waals surface area contributed by atoms with E-state index in [1.54, 1.807) is 47.6 Å². The normalized spacial score (nSPS) is 16.6. The molecule has 0 aromatic heterocycles. The van der Waals surface area contributed by atoms with Gasteiger partial charge in [0, 0.05) is 25.3 Å². The first-order chi connectivity index (χ1) is 28.4. The molecule has 3 amide bonds. The highest BCUT2D eigenvalue weighted by molar-refractivity contribution is 6.01. The fourth-order valence-electron chi connectivity index (χ4n) is 6.83. The molecule has 0 aliphatic heterocycles. The average Bonchev–Trinajstić information content (AvgIpc) is 3.14. The Morgan fingerprint density at radius 1 is 0.683 bits per heavy atom. The smallest absolute Gasteiger partial charge is 0.414 e. The molecule has 346 valence electrons. The van der Waals surface area contributed by atoms with Crippen LogP contribution in [-0.2, 0) is 38.1 Å². The SMILES string of the molecule is CCCCCCCCCCCCCCCCCCCC(=O)OCOC(=O)C1=C[C@@H](OC(CC)CC)[C@H](NC(C)=O)[C@@H](N=C(NC(=O)OC(C)(C)C)NC(=O)OC(C)(C)C)C1. The summed E-state index contributed by atoms with van der Waals surface area (Å²) >= 11 is 0. The third kappa shape index (κ3) is 27.2. The Hall–Kier alpha value is -3.68. The molecule has 0 bridgehead atoms. The lowest BCUT2D eigenvalue weighted by molar-refractivity contribution is -0.165. The summed E-state index contributed by atoms with van der Waals surface area (Å²) in [6.07, 6.45) is 21.4. The van der Waals surface area contributed by atoms with Crippen molar-refractivity contribution < 1.29 is 47.7 Å². The first-order valence-corrected chi connectivity index (χ1v) is 22.9. The standard InChI is InChI=1S/C46H82N4O10/c1-11-14-15-16-17-18-19-20-21-22-23-24-25-26-27-28-29-30-39(52)56-33-57-41(53)35-31-37(40(47-34(4)51)38(32-35)58-36(12-2)13-3)48-42(49-43(54)59-45(5,6)7)50-44(55)60-46(8,9)10/h32,36-38,40H,11-31,33H2,1-10H3,(H,47,51)(H2,48,49,50,54,55)/t37-,38+,40+/m0/s1. The molecule has 3 N–H and O–H groups in total. The zero-order valence-corrected chi connectivity index (χ0v) is 39.0. The summed E-state index contributed by atoms with van der Waals surface area (Å²) in [4.78, 5) is 68.7. The molecule has 3 atom stereocenters. The number of carbonyl (C=O) groups is 5. The van der Waals surface area contributed by atoms with Crippen LogP contribution in [0.2, 0.25) is 0 Å². The van der Waals surface area contributed by atoms with Crippen LogP contribution in [0.25, 0.3) is 0 Å². The average molecular weight is 851 g/mol. The van der Waals surface area contributed by atoms with Crippen LogP contribution in [0.15, 0.2) is 16.6 Å². The molecule has 0 spiro atoms. The number of aliphatic imine (C=N–C) groups is 1. The molecule has 0 saturated carbocycles. The number of esters is 2. The Morgan fingerprint density at radius 2 is 1.13 bits per heavy atom. The number of nitrogens with one attached hydrogen (secondary N) is 3. The number of amides is 3. The summed E-state index contributed by atoms with van der Waals surface area (Å²) in [5.41, 5.74) is -1.58. The minimum Gasteiger partial charge on any atom is -0.444 e. The van der Waals surface area contributed by atoms with Crippen molar-refractivity contribution >= 4 is 36.0 Å². The van der Waals surface area contributed by atoms with Crippen LogP contribution in [0.5, 0.6) is 0 Å². The molecule has 1 aliphatic carbocycles. The van der Waals surface area contributed by atoms with Crippen LogP contribution in [0, 0.1) is 0 Å². The number of carbonyl (C=O) groups excluding carboxylic acids is 5. The van der Waals surface area contributed by atoms with E-state index in [0.29, 0.717) is 19.3 Å². The zero-order valence-electron chi connectivity index (χ0n) is 39.0. The van der Waals surface area contributed by atoms with Gasteiger partial charge in [-0.05, 0) is 66.9 Å². The molecule has 14 heteroatoms. The van der Waals surface area contributed by atoms with Gasteiger partial charge in [0.1, 0.15) is 11.2 Å². The van der Waals surface area contributed by atoms with E-state index in [-0.39, 0.29) is 36.4 Å². The van der Waals surface area contributed by atoms with Gasteiger partial charge in [-0.25, -0.2) is 19.4 Å². The van der Waals surface area contributed by atoms with Gasteiger partial charge in [0.05, 0.1) is 24.3 Å². The molecule has 0 saturated heterocycles. The van der Waals surface area contributed by atoms with Crippen LogP contribution < -0.4 is 16.0 Å². The van der Waals surface area contributed by atoms with Crippen molar-refractivity contribution in [3.8, 4) is 0 Å². The maximum atomic E-state index is 13.5. The Balaban J connectivity index is 2.82. The minimum atomic E-state index is -0.956. The highest BCUT2D eigenvalue weighted by Crippen LogP contribution is 2.27. The van der Waals surface area contributed by atoms with E-state index in [0.717, 1.165) is 19.3 Å². The fourth-order valence-corrected chi connectivity index (χ4v) is 6.83. The Morgan fingerprint density at radius 3 is 1.55 bits per heavy atom. The third-order valence-corrected chi connectivity index (χ3v) is 9.88. The van der Waals surface area contributed by atoms with Gasteiger partial charge in [0.25, 0.3) is 0 Å². The molecule has 0 aromatic carbocycles. The lowest BCUT2D eigenvalue weighted by Crippen LogP contribution is -2.55. The van der Waals surface area contributed by atoms with Crippen molar-refractivity contribution in [1.82, 2.24) is 16.0 Å². The third-order valence-electron chi connectivity index (χ3n) is 9.88. The van der Waals surface area contributed by atoms with E-state index >= 15 is 0 Å². The van der Waals surface area contributed by atoms with Crippen LogP contribution in [0.3, 0.4) is 0 Å². The van der Waals surface area contributed by atoms with Crippen molar-refractivity contribution in [2.45, 2.75) is 240 Å². The van der Waals surface area contributed by atoms with Gasteiger partial charge in [-0.15, -0.1) is 0 Å². The lowest BCUT2D eigenvalue weighted by Gasteiger charge is -2.37. The van der Waals surface area contributed by atoms with Crippen molar-refractivity contribution in [2.75, 3.05) is 6.79 Å². The summed E-state index contributed by atoms with van der Waals surface area (Å²) in [6.45, 7) is 17.0. The Kier molecular flexibility index (Phi) is 27.5. The van der Waals surface area contributed by atoms with Gasteiger partial charge in [0.2, 0.25) is 18.7 Å². The topological polar surface area (TPSA) is 180 Å². The van der Waals surface area contributed by atoms with E-state index in [2.05, 4.69) is 27.9 Å². The second-order valence-corrected chi connectivity index (χ2v) is 17.9. The summed E-state index contributed by atoms with van der Waals surface area (Å²) < 4.78 is 27.8. The molecule has 0 fully saturated rings. The van der Waals surface area contributed by atoms with Crippen molar-refractivity contribution in [3.05, 3.63) is 11.6 Å². The molecule has 60 heavy (non-hydrogen) atoms. The van der Waals surface area contributed by atoms with E-state index < -0.39 is 60.3 Å². The molecule has 0 heterocycles. The van der Waals surface area contributed by atoms with Gasteiger partial charge in [-0.1, -0.05) is 124 Å². The maximum Gasteiger partial charge on any atom is 0.414 e. The Bertz CT molecular complexity index is 1300. The van der Waals surface area contributed by atoms with E-state index in [1.165, 1.54) is 90.4 Å². The quantitative estimate of drug-likeness (QED) is 0.0180. The monoisotopic (exact) mass is 851 g/mol. The van der Waals surface area contributed by atoms with E-state index in [9.17, 15) is 24.0 Å². The van der Waals surface area contributed by atoms with Crippen molar-refractivity contribution in [2.24, 2.45) is 4.99 Å². The number of nitrogens with zero attached hydrogens (tertiary/aromatic N) is 1. The second kappa shape index (κ2) is 30.4. The van der Waals surface area contributed by atoms with Gasteiger partial charge in [0.15, 0.2) is 0 Å². The number of ether oxygens (including phenoxy) is 5. The summed E-state index contributed by atoms with van der Waals surface area (Å²) in [5, 5.41) is 7.79. The van der Waals surface area contributed by atoms with Gasteiger partial charge in [-0.3, -0.25) is 20.2 Å². The number of unbranched alkanes of at least 4 members (excludes halogenated alkanes) is 16. The number of rotatable bonds is 27. The molecule has 1 rings (SSSR count). The second-order valence-electron chi connectivity index (χ2n) is 17.9. The van der Waals surface area contributed by atoms with Gasteiger partial charge in [-0.2, -0.15) is 0 Å². The van der Waals surface area contributed by atoms with E-state index in [1.807, 2.05) is 13.8 Å². The maximum absolute atomic E-state index is 13.5. The first-order valence-electron chi connectivity index (χ1n) is 22.9. The highest BCUT2D eigenvalue weighted by atomic mass is 16.7. The summed E-state index contributed by atoms with van der Waals surface area (Å²) in [7, 11) is 0. The summed E-state index contributed by atoms with van der Waals surface area (Å²) in [6, 6.07) is -1.78. The molecular weight excluding hydrogens is 769 g/mol. The Labute approximate surface area is 361 Å². The predicted molar refractivity (Wildman–Crippen MR) is 235 cm³/mol. The van der Waals surface area contributed by atoms with Gasteiger partial charge < -0.3 is 29.0 Å². The molecular formula is C46H82N4O10. The highest BCUT2D eigenvalue weighted by Gasteiger charge is 2.39. The van der Waals surface area contributed by atoms with Crippen molar-refractivity contribution in [1.29, 1.82) is 0 Å². The van der Waals surface area contributed by atoms with Gasteiger partial charge >= 0.3 is 24.1 Å². The number of hydrogen-bond acceptors (Lipinski definition) is 11.